The fraction of sp³-hybridized carbons (Fsp3) is 0.368. The van der Waals surface area contributed by atoms with Gasteiger partial charge >= 0.3 is 0 Å². The second kappa shape index (κ2) is 8.32. The van der Waals surface area contributed by atoms with E-state index in [1.54, 1.807) is 18.3 Å². The molecule has 0 radical (unpaired) electrons. The Morgan fingerprint density at radius 2 is 1.91 bits per heavy atom. The van der Waals surface area contributed by atoms with Crippen molar-refractivity contribution >= 4 is 17.4 Å². The second-order valence-corrected chi connectivity index (χ2v) is 5.82. The van der Waals surface area contributed by atoms with Crippen molar-refractivity contribution in [2.24, 2.45) is 0 Å². The highest BCUT2D eigenvalue weighted by atomic mass is 16.1. The summed E-state index contributed by atoms with van der Waals surface area (Å²) in [7, 11) is 0. The zero-order valence-corrected chi connectivity index (χ0v) is 14.1. The van der Waals surface area contributed by atoms with Gasteiger partial charge in [-0.3, -0.25) is 4.79 Å². The van der Waals surface area contributed by atoms with Gasteiger partial charge in [0.05, 0.1) is 0 Å². The summed E-state index contributed by atoms with van der Waals surface area (Å²) in [5.41, 5.74) is 4.08. The highest BCUT2D eigenvalue weighted by molar-refractivity contribution is 5.94. The van der Waals surface area contributed by atoms with E-state index >= 15 is 0 Å². The average Bonchev–Trinajstić information content (AvgIpc) is 2.55. The van der Waals surface area contributed by atoms with Gasteiger partial charge in [0.15, 0.2) is 0 Å². The number of aryl methyl sites for hydroxylation is 2. The molecule has 23 heavy (non-hydrogen) atoms. The molecule has 0 spiro atoms. The van der Waals surface area contributed by atoms with Crippen LogP contribution in [0.4, 0.5) is 11.5 Å². The SMILES string of the molecule is CCCCCNC(=O)c1ccnc(Nc2ccc(C)c(C)c2)c1. The molecule has 2 rings (SSSR count). The number of carbonyl (C=O) groups is 1. The summed E-state index contributed by atoms with van der Waals surface area (Å²) in [5.74, 6) is 0.626. The van der Waals surface area contributed by atoms with Crippen LogP contribution in [0.3, 0.4) is 0 Å². The Hall–Kier alpha value is -2.36. The van der Waals surface area contributed by atoms with Gasteiger partial charge in [-0.25, -0.2) is 4.98 Å². The molecule has 0 aliphatic carbocycles. The van der Waals surface area contributed by atoms with Crippen molar-refractivity contribution in [1.82, 2.24) is 10.3 Å². The lowest BCUT2D eigenvalue weighted by atomic mass is 10.1. The van der Waals surface area contributed by atoms with Gasteiger partial charge in [-0.05, 0) is 55.7 Å². The first kappa shape index (κ1) is 17.0. The summed E-state index contributed by atoms with van der Waals surface area (Å²) < 4.78 is 0. The number of carbonyl (C=O) groups excluding carboxylic acids is 1. The van der Waals surface area contributed by atoms with Gasteiger partial charge in [0, 0.05) is 24.0 Å². The number of aromatic nitrogens is 1. The molecule has 0 aliphatic rings. The maximum atomic E-state index is 12.1. The number of anilines is 2. The van der Waals surface area contributed by atoms with Crippen molar-refractivity contribution in [2.45, 2.75) is 40.0 Å². The number of pyridine rings is 1. The normalized spacial score (nSPS) is 10.4. The molecule has 0 saturated carbocycles. The van der Waals surface area contributed by atoms with Crippen LogP contribution in [0.2, 0.25) is 0 Å². The minimum Gasteiger partial charge on any atom is -0.352 e. The minimum absolute atomic E-state index is 0.0494. The van der Waals surface area contributed by atoms with Crippen molar-refractivity contribution in [1.29, 1.82) is 0 Å². The summed E-state index contributed by atoms with van der Waals surface area (Å²) in [6, 6.07) is 9.68. The van der Waals surface area contributed by atoms with Crippen LogP contribution in [0.15, 0.2) is 36.5 Å². The van der Waals surface area contributed by atoms with E-state index in [0.29, 0.717) is 11.4 Å². The molecule has 0 atom stereocenters. The lowest BCUT2D eigenvalue weighted by Gasteiger charge is -2.10. The molecule has 1 heterocycles. The molecule has 2 N–H and O–H groups in total. The van der Waals surface area contributed by atoms with Gasteiger partial charge in [0.2, 0.25) is 0 Å². The van der Waals surface area contributed by atoms with E-state index in [4.69, 9.17) is 0 Å². The van der Waals surface area contributed by atoms with E-state index < -0.39 is 0 Å². The monoisotopic (exact) mass is 311 g/mol. The third kappa shape index (κ3) is 5.09. The van der Waals surface area contributed by atoms with Gasteiger partial charge in [-0.2, -0.15) is 0 Å². The van der Waals surface area contributed by atoms with Gasteiger partial charge in [0.1, 0.15) is 5.82 Å². The molecule has 1 amide bonds. The van der Waals surface area contributed by atoms with E-state index in [1.165, 1.54) is 11.1 Å². The summed E-state index contributed by atoms with van der Waals surface area (Å²) >= 11 is 0. The first-order valence-electron chi connectivity index (χ1n) is 8.18. The second-order valence-electron chi connectivity index (χ2n) is 5.82. The van der Waals surface area contributed by atoms with E-state index in [0.717, 1.165) is 31.5 Å². The zero-order chi connectivity index (χ0) is 16.7. The molecule has 1 aromatic carbocycles. The van der Waals surface area contributed by atoms with Gasteiger partial charge in [-0.1, -0.05) is 25.8 Å². The van der Waals surface area contributed by atoms with Gasteiger partial charge in [-0.15, -0.1) is 0 Å². The van der Waals surface area contributed by atoms with E-state index in [1.807, 2.05) is 6.07 Å². The van der Waals surface area contributed by atoms with Crippen LogP contribution in [0, 0.1) is 13.8 Å². The number of hydrogen-bond acceptors (Lipinski definition) is 3. The number of hydrogen-bond donors (Lipinski definition) is 2. The Morgan fingerprint density at radius 1 is 1.09 bits per heavy atom. The van der Waals surface area contributed by atoms with E-state index in [2.05, 4.69) is 48.5 Å². The van der Waals surface area contributed by atoms with Crippen molar-refractivity contribution in [3.05, 3.63) is 53.2 Å². The highest BCUT2D eigenvalue weighted by Gasteiger charge is 2.07. The Kier molecular flexibility index (Phi) is 6.15. The lowest BCUT2D eigenvalue weighted by Crippen LogP contribution is -2.24. The topological polar surface area (TPSA) is 54.0 Å². The van der Waals surface area contributed by atoms with Crippen molar-refractivity contribution in [2.75, 3.05) is 11.9 Å². The van der Waals surface area contributed by atoms with Crippen LogP contribution in [-0.2, 0) is 0 Å². The van der Waals surface area contributed by atoms with Gasteiger partial charge < -0.3 is 10.6 Å². The molecule has 0 saturated heterocycles. The molecule has 2 aromatic rings. The number of benzene rings is 1. The molecule has 0 bridgehead atoms. The zero-order valence-electron chi connectivity index (χ0n) is 14.1. The number of rotatable bonds is 7. The Bertz CT molecular complexity index is 667. The maximum Gasteiger partial charge on any atom is 0.251 e. The smallest absolute Gasteiger partial charge is 0.251 e. The van der Waals surface area contributed by atoms with E-state index in [-0.39, 0.29) is 5.91 Å². The van der Waals surface area contributed by atoms with Crippen LogP contribution < -0.4 is 10.6 Å². The average molecular weight is 311 g/mol. The molecule has 122 valence electrons. The predicted octanol–water partition coefficient (Wildman–Crippen LogP) is 4.36. The summed E-state index contributed by atoms with van der Waals surface area (Å²) in [6.07, 6.45) is 4.96. The minimum atomic E-state index is -0.0494. The number of nitrogens with zero attached hydrogens (tertiary/aromatic N) is 1. The fourth-order valence-corrected chi connectivity index (χ4v) is 2.29. The molecular formula is C19H25N3O. The van der Waals surface area contributed by atoms with Crippen LogP contribution in [0.5, 0.6) is 0 Å². The van der Waals surface area contributed by atoms with Crippen LogP contribution in [0.25, 0.3) is 0 Å². The summed E-state index contributed by atoms with van der Waals surface area (Å²) in [4.78, 5) is 16.4. The van der Waals surface area contributed by atoms with Crippen LogP contribution >= 0.6 is 0 Å². The molecule has 4 heteroatoms. The molecule has 0 fully saturated rings. The lowest BCUT2D eigenvalue weighted by molar-refractivity contribution is 0.0953. The summed E-state index contributed by atoms with van der Waals surface area (Å²) in [6.45, 7) is 7.03. The number of unbranched alkanes of at least 4 members (excludes halogenated alkanes) is 2. The Balaban J connectivity index is 2.01. The largest absolute Gasteiger partial charge is 0.352 e. The van der Waals surface area contributed by atoms with Crippen molar-refractivity contribution in [3.8, 4) is 0 Å². The van der Waals surface area contributed by atoms with Crippen molar-refractivity contribution < 1.29 is 4.79 Å². The quantitative estimate of drug-likeness (QED) is 0.747. The van der Waals surface area contributed by atoms with Crippen LogP contribution in [-0.4, -0.2) is 17.4 Å². The Morgan fingerprint density at radius 3 is 2.65 bits per heavy atom. The molecule has 4 nitrogen and oxygen atoms in total. The summed E-state index contributed by atoms with van der Waals surface area (Å²) in [5, 5.41) is 6.20. The predicted molar refractivity (Wildman–Crippen MR) is 95.3 cm³/mol. The Labute approximate surface area is 138 Å². The third-order valence-electron chi connectivity index (χ3n) is 3.87. The molecular weight excluding hydrogens is 286 g/mol. The standard InChI is InChI=1S/C19H25N3O/c1-4-5-6-10-21-19(23)16-9-11-20-18(13-16)22-17-8-7-14(2)15(3)12-17/h7-9,11-13H,4-6,10H2,1-3H3,(H,20,22)(H,21,23). The number of amides is 1. The first-order valence-corrected chi connectivity index (χ1v) is 8.18. The maximum absolute atomic E-state index is 12.1. The first-order chi connectivity index (χ1) is 11.1. The van der Waals surface area contributed by atoms with Crippen molar-refractivity contribution in [3.63, 3.8) is 0 Å². The fourth-order valence-electron chi connectivity index (χ4n) is 2.29. The molecule has 0 unspecified atom stereocenters. The van der Waals surface area contributed by atoms with Crippen LogP contribution in [0.1, 0.15) is 47.7 Å². The highest BCUT2D eigenvalue weighted by Crippen LogP contribution is 2.18. The number of nitrogens with one attached hydrogen (secondary N) is 2. The molecule has 0 aliphatic heterocycles. The van der Waals surface area contributed by atoms with Gasteiger partial charge in [0.25, 0.3) is 5.91 Å². The third-order valence-corrected chi connectivity index (χ3v) is 3.87. The molecule has 1 aromatic heterocycles. The van der Waals surface area contributed by atoms with E-state index in [9.17, 15) is 4.79 Å².